The Kier molecular flexibility index (Phi) is 8.70. The number of rotatable bonds is 12. The molecule has 2 fully saturated rings. The molecule has 0 bridgehead atoms. The minimum Gasteiger partial charge on any atom is -0.480 e. The predicted molar refractivity (Wildman–Crippen MR) is 160 cm³/mol. The highest BCUT2D eigenvalue weighted by atomic mass is 16.4. The number of hydrogen-bond donors (Lipinski definition) is 2. The zero-order chi connectivity index (χ0) is 28.1. The van der Waals surface area contributed by atoms with E-state index in [1.165, 1.54) is 49.7 Å². The first-order chi connectivity index (χ1) is 19.4. The number of benzene rings is 3. The van der Waals surface area contributed by atoms with Gasteiger partial charge in [0.2, 0.25) is 0 Å². The maximum Gasteiger partial charge on any atom is 0.326 e. The number of hydrogen-bond acceptors (Lipinski definition) is 3. The maximum absolute atomic E-state index is 13.5. The molecule has 40 heavy (non-hydrogen) atoms. The molecule has 1 amide bonds. The number of carbonyl (C=O) groups is 2. The lowest BCUT2D eigenvalue weighted by atomic mass is 9.86. The molecule has 5 nitrogen and oxygen atoms in total. The molecule has 0 aromatic heterocycles. The maximum atomic E-state index is 13.5. The van der Waals surface area contributed by atoms with Gasteiger partial charge >= 0.3 is 5.97 Å². The summed E-state index contributed by atoms with van der Waals surface area (Å²) in [5.74, 6) is -1.33. The van der Waals surface area contributed by atoms with Crippen LogP contribution in [0.2, 0.25) is 0 Å². The first kappa shape index (κ1) is 28.1. The van der Waals surface area contributed by atoms with Crippen LogP contribution in [0.3, 0.4) is 0 Å². The van der Waals surface area contributed by atoms with E-state index in [0.29, 0.717) is 24.4 Å². The third-order valence-corrected chi connectivity index (χ3v) is 8.80. The predicted octanol–water partition coefficient (Wildman–Crippen LogP) is 7.17. The summed E-state index contributed by atoms with van der Waals surface area (Å²) in [5, 5.41) is 12.4. The molecule has 0 spiro atoms. The van der Waals surface area contributed by atoms with Crippen LogP contribution >= 0.6 is 0 Å². The van der Waals surface area contributed by atoms with Crippen molar-refractivity contribution in [1.29, 1.82) is 0 Å². The quantitative estimate of drug-likeness (QED) is 0.257. The molecule has 0 radical (unpaired) electrons. The van der Waals surface area contributed by atoms with Crippen molar-refractivity contribution in [2.75, 3.05) is 0 Å². The summed E-state index contributed by atoms with van der Waals surface area (Å²) in [5.41, 5.74) is 6.26. The molecule has 3 aromatic carbocycles. The summed E-state index contributed by atoms with van der Waals surface area (Å²) in [6, 6.07) is 24.9. The highest BCUT2D eigenvalue weighted by Crippen LogP contribution is 2.45. The fourth-order valence-corrected chi connectivity index (χ4v) is 6.61. The Hall–Kier alpha value is -3.44. The number of carbonyl (C=O) groups excluding carboxylic acids is 1. The average molecular weight is 539 g/mol. The molecule has 1 atom stereocenters. The molecule has 0 heterocycles. The second-order valence-corrected chi connectivity index (χ2v) is 11.8. The Morgan fingerprint density at radius 3 is 2.30 bits per heavy atom. The number of carboxylic acids is 1. The van der Waals surface area contributed by atoms with Crippen molar-refractivity contribution in [1.82, 2.24) is 10.2 Å². The van der Waals surface area contributed by atoms with Crippen molar-refractivity contribution >= 4 is 11.9 Å². The number of carboxylic acid groups (broad SMARTS) is 1. The van der Waals surface area contributed by atoms with Gasteiger partial charge in [-0.05, 0) is 85.4 Å². The van der Waals surface area contributed by atoms with Crippen molar-refractivity contribution < 1.29 is 14.7 Å². The molecule has 0 saturated heterocycles. The molecule has 0 aliphatic heterocycles. The van der Waals surface area contributed by atoms with E-state index in [0.717, 1.165) is 29.7 Å². The molecular weight excluding hydrogens is 496 g/mol. The molecule has 5 rings (SSSR count). The van der Waals surface area contributed by atoms with Gasteiger partial charge in [-0.2, -0.15) is 0 Å². The van der Waals surface area contributed by atoms with Gasteiger partial charge in [0, 0.05) is 23.7 Å². The summed E-state index contributed by atoms with van der Waals surface area (Å²) < 4.78 is 0. The molecule has 2 aliphatic carbocycles. The zero-order valence-corrected chi connectivity index (χ0v) is 23.9. The molecule has 2 N–H and O–H groups in total. The summed E-state index contributed by atoms with van der Waals surface area (Å²) in [4.78, 5) is 28.0. The van der Waals surface area contributed by atoms with E-state index in [1.807, 2.05) is 25.1 Å². The average Bonchev–Trinajstić information content (AvgIpc) is 3.69. The van der Waals surface area contributed by atoms with Crippen LogP contribution in [0.5, 0.6) is 0 Å². The topological polar surface area (TPSA) is 69.6 Å². The van der Waals surface area contributed by atoms with E-state index >= 15 is 0 Å². The van der Waals surface area contributed by atoms with Crippen molar-refractivity contribution in [3.8, 4) is 11.1 Å². The number of aliphatic carboxylic acids is 1. The lowest BCUT2D eigenvalue weighted by Gasteiger charge is -2.42. The Bertz CT molecular complexity index is 1330. The van der Waals surface area contributed by atoms with Crippen LogP contribution < -0.4 is 5.32 Å². The lowest BCUT2D eigenvalue weighted by Crippen LogP contribution is -2.49. The van der Waals surface area contributed by atoms with Crippen LogP contribution in [-0.4, -0.2) is 39.5 Å². The second-order valence-electron chi connectivity index (χ2n) is 11.8. The van der Waals surface area contributed by atoms with Gasteiger partial charge in [0.15, 0.2) is 0 Å². The van der Waals surface area contributed by atoms with E-state index in [4.69, 9.17) is 0 Å². The van der Waals surface area contributed by atoms with Gasteiger partial charge in [0.25, 0.3) is 5.91 Å². The van der Waals surface area contributed by atoms with Crippen molar-refractivity contribution in [2.24, 2.45) is 0 Å². The minimum atomic E-state index is -0.996. The SMILES string of the molecule is CCC[C@H](NC(=O)c1ccc(CN(C2CC2)C2(Cc3ccccc3)CCCC2)cc1-c1ccccc1C)C(=O)O. The molecule has 2 aliphatic rings. The van der Waals surface area contributed by atoms with E-state index in [-0.39, 0.29) is 11.4 Å². The van der Waals surface area contributed by atoms with Gasteiger partial charge in [0.1, 0.15) is 6.04 Å². The number of nitrogens with zero attached hydrogens (tertiary/aromatic N) is 1. The van der Waals surface area contributed by atoms with Gasteiger partial charge in [-0.1, -0.05) is 86.8 Å². The minimum absolute atomic E-state index is 0.163. The standard InChI is InChI=1S/C35H42N2O3/c1-3-11-32(34(39)40)36-33(38)30-19-16-27(22-31(30)29-15-8-7-12-25(29)2)24-37(28-17-18-28)35(20-9-10-21-35)23-26-13-5-4-6-14-26/h4-8,12-16,19,22,28,32H,3,9-11,17-18,20-21,23-24H2,1-2H3,(H,36,38)(H,39,40)/t32-/m0/s1. The van der Waals surface area contributed by atoms with Gasteiger partial charge in [-0.3, -0.25) is 9.69 Å². The fraction of sp³-hybridized carbons (Fsp3) is 0.429. The van der Waals surface area contributed by atoms with Crippen molar-refractivity contribution in [3.63, 3.8) is 0 Å². The van der Waals surface area contributed by atoms with Crippen LogP contribution in [0.1, 0.15) is 85.3 Å². The molecule has 0 unspecified atom stereocenters. The Labute approximate surface area is 238 Å². The Balaban J connectivity index is 1.49. The largest absolute Gasteiger partial charge is 0.480 e. The monoisotopic (exact) mass is 538 g/mol. The van der Waals surface area contributed by atoms with Crippen molar-refractivity contribution in [2.45, 2.75) is 95.8 Å². The van der Waals surface area contributed by atoms with Gasteiger partial charge < -0.3 is 10.4 Å². The molecule has 5 heteroatoms. The molecule has 3 aromatic rings. The zero-order valence-electron chi connectivity index (χ0n) is 23.9. The Morgan fingerprint density at radius 2 is 1.65 bits per heavy atom. The third-order valence-electron chi connectivity index (χ3n) is 8.80. The summed E-state index contributed by atoms with van der Waals surface area (Å²) in [7, 11) is 0. The van der Waals surface area contributed by atoms with Crippen LogP contribution in [0.4, 0.5) is 0 Å². The van der Waals surface area contributed by atoms with Crippen LogP contribution in [-0.2, 0) is 17.8 Å². The van der Waals surface area contributed by atoms with Crippen LogP contribution in [0.15, 0.2) is 72.8 Å². The van der Waals surface area contributed by atoms with Gasteiger partial charge in [0.05, 0.1) is 0 Å². The van der Waals surface area contributed by atoms with E-state index < -0.39 is 12.0 Å². The normalized spacial score (nSPS) is 17.1. The van der Waals surface area contributed by atoms with Gasteiger partial charge in [-0.25, -0.2) is 4.79 Å². The fourth-order valence-electron chi connectivity index (χ4n) is 6.61. The van der Waals surface area contributed by atoms with E-state index in [2.05, 4.69) is 71.7 Å². The smallest absolute Gasteiger partial charge is 0.326 e. The molecule has 210 valence electrons. The van der Waals surface area contributed by atoms with Gasteiger partial charge in [-0.15, -0.1) is 0 Å². The molecular formula is C35H42N2O3. The summed E-state index contributed by atoms with van der Waals surface area (Å²) in [6.07, 6.45) is 9.63. The Morgan fingerprint density at radius 1 is 0.950 bits per heavy atom. The van der Waals surface area contributed by atoms with Crippen molar-refractivity contribution in [3.05, 3.63) is 95.1 Å². The molecule has 2 saturated carbocycles. The van der Waals surface area contributed by atoms with E-state index in [1.54, 1.807) is 0 Å². The first-order valence-corrected chi connectivity index (χ1v) is 14.9. The lowest BCUT2D eigenvalue weighted by molar-refractivity contribution is -0.139. The third kappa shape index (κ3) is 6.31. The number of amides is 1. The highest BCUT2D eigenvalue weighted by molar-refractivity contribution is 6.02. The summed E-state index contributed by atoms with van der Waals surface area (Å²) in [6.45, 7) is 4.84. The number of nitrogens with one attached hydrogen (secondary N) is 1. The second kappa shape index (κ2) is 12.4. The summed E-state index contributed by atoms with van der Waals surface area (Å²) >= 11 is 0. The van der Waals surface area contributed by atoms with Crippen LogP contribution in [0, 0.1) is 6.92 Å². The van der Waals surface area contributed by atoms with E-state index in [9.17, 15) is 14.7 Å². The number of aryl methyl sites for hydroxylation is 1. The highest BCUT2D eigenvalue weighted by Gasteiger charge is 2.45. The first-order valence-electron chi connectivity index (χ1n) is 14.9. The van der Waals surface area contributed by atoms with Crippen LogP contribution in [0.25, 0.3) is 11.1 Å².